The second-order valence-corrected chi connectivity index (χ2v) is 6.43. The fourth-order valence-corrected chi connectivity index (χ4v) is 3.06. The van der Waals surface area contributed by atoms with Gasteiger partial charge in [-0.1, -0.05) is 31.1 Å². The molecule has 1 aliphatic carbocycles. The molecule has 140 valence electrons. The third-order valence-corrected chi connectivity index (χ3v) is 4.45. The maximum Gasteiger partial charge on any atom is 0.349 e. The van der Waals surface area contributed by atoms with Crippen molar-refractivity contribution in [1.82, 2.24) is 0 Å². The standard InChI is InChI=1S/C22H19F3O2/c1-2-3-14-4-6-15(7-5-14)16-12-19(24)21(20(25)13-16)22(26)27-18-10-8-17(23)9-11-18/h4,6,8-13H,2-3,5,7H2,1H3. The van der Waals surface area contributed by atoms with Crippen LogP contribution in [0, 0.1) is 17.5 Å². The molecule has 0 bridgehead atoms. The number of halogens is 3. The molecule has 0 fully saturated rings. The molecule has 0 heterocycles. The quantitative estimate of drug-likeness (QED) is 0.460. The van der Waals surface area contributed by atoms with E-state index in [0.29, 0.717) is 12.0 Å². The largest absolute Gasteiger partial charge is 0.423 e. The fraction of sp³-hybridized carbons (Fsp3) is 0.227. The summed E-state index contributed by atoms with van der Waals surface area (Å²) in [4.78, 5) is 12.1. The van der Waals surface area contributed by atoms with Gasteiger partial charge in [-0.15, -0.1) is 0 Å². The Morgan fingerprint density at radius 2 is 1.67 bits per heavy atom. The lowest BCUT2D eigenvalue weighted by Gasteiger charge is -2.15. The van der Waals surface area contributed by atoms with Crippen molar-refractivity contribution in [3.63, 3.8) is 0 Å². The number of rotatable bonds is 5. The molecule has 0 spiro atoms. The van der Waals surface area contributed by atoms with Gasteiger partial charge in [0.05, 0.1) is 0 Å². The van der Waals surface area contributed by atoms with Crippen LogP contribution < -0.4 is 4.74 Å². The van der Waals surface area contributed by atoms with Crippen molar-refractivity contribution in [2.45, 2.75) is 32.6 Å². The Labute approximate surface area is 156 Å². The Bertz CT molecular complexity index is 889. The van der Waals surface area contributed by atoms with Gasteiger partial charge in [0.1, 0.15) is 28.8 Å². The van der Waals surface area contributed by atoms with Crippen molar-refractivity contribution < 1.29 is 22.7 Å². The van der Waals surface area contributed by atoms with Gasteiger partial charge >= 0.3 is 5.97 Å². The van der Waals surface area contributed by atoms with Crippen molar-refractivity contribution in [2.24, 2.45) is 0 Å². The molecule has 0 atom stereocenters. The van der Waals surface area contributed by atoms with Gasteiger partial charge in [-0.2, -0.15) is 0 Å². The van der Waals surface area contributed by atoms with E-state index >= 15 is 0 Å². The predicted molar refractivity (Wildman–Crippen MR) is 97.9 cm³/mol. The summed E-state index contributed by atoms with van der Waals surface area (Å²) in [5.74, 6) is -3.63. The normalized spacial score (nSPS) is 13.8. The molecule has 0 amide bonds. The molecule has 5 heteroatoms. The number of allylic oxidation sites excluding steroid dienone is 4. The Morgan fingerprint density at radius 3 is 2.22 bits per heavy atom. The number of hydrogen-bond acceptors (Lipinski definition) is 2. The minimum absolute atomic E-state index is 0.00727. The number of benzene rings is 2. The molecular formula is C22H19F3O2. The van der Waals surface area contributed by atoms with Crippen molar-refractivity contribution in [3.8, 4) is 5.75 Å². The highest BCUT2D eigenvalue weighted by atomic mass is 19.1. The summed E-state index contributed by atoms with van der Waals surface area (Å²) in [6.07, 6.45) is 7.50. The molecule has 0 unspecified atom stereocenters. The zero-order chi connectivity index (χ0) is 19.4. The van der Waals surface area contributed by atoms with Gasteiger partial charge in [-0.25, -0.2) is 18.0 Å². The highest BCUT2D eigenvalue weighted by Crippen LogP contribution is 2.30. The second-order valence-electron chi connectivity index (χ2n) is 6.43. The third kappa shape index (κ3) is 4.48. The van der Waals surface area contributed by atoms with Crippen LogP contribution in [-0.4, -0.2) is 5.97 Å². The van der Waals surface area contributed by atoms with E-state index in [1.165, 1.54) is 17.7 Å². The minimum atomic E-state index is -1.16. The van der Waals surface area contributed by atoms with E-state index in [9.17, 15) is 18.0 Å². The molecule has 0 aromatic heterocycles. The monoisotopic (exact) mass is 372 g/mol. The van der Waals surface area contributed by atoms with Gasteiger partial charge < -0.3 is 4.74 Å². The maximum atomic E-state index is 14.4. The molecule has 0 N–H and O–H groups in total. The van der Waals surface area contributed by atoms with Crippen LogP contribution in [0.25, 0.3) is 5.57 Å². The number of carbonyl (C=O) groups excluding carboxylic acids is 1. The number of carbonyl (C=O) groups is 1. The Balaban J connectivity index is 1.83. The van der Waals surface area contributed by atoms with Crippen molar-refractivity contribution in [3.05, 3.63) is 82.7 Å². The van der Waals surface area contributed by atoms with Crippen LogP contribution in [-0.2, 0) is 0 Å². The maximum absolute atomic E-state index is 14.4. The molecule has 0 saturated heterocycles. The number of ether oxygens (including phenoxy) is 1. The van der Waals surface area contributed by atoms with E-state index in [0.717, 1.165) is 49.1 Å². The fourth-order valence-electron chi connectivity index (χ4n) is 3.06. The molecule has 1 aliphatic rings. The average molecular weight is 372 g/mol. The summed E-state index contributed by atoms with van der Waals surface area (Å²) in [5.41, 5.74) is 1.80. The Hall–Kier alpha value is -2.82. The molecule has 2 aromatic carbocycles. The first-order valence-corrected chi connectivity index (χ1v) is 8.83. The van der Waals surface area contributed by atoms with E-state index in [1.54, 1.807) is 0 Å². The number of hydrogen-bond donors (Lipinski definition) is 0. The van der Waals surface area contributed by atoms with Gasteiger partial charge in [0.25, 0.3) is 0 Å². The van der Waals surface area contributed by atoms with Crippen LogP contribution in [0.3, 0.4) is 0 Å². The molecule has 0 aliphatic heterocycles. The van der Waals surface area contributed by atoms with Crippen LogP contribution in [0.2, 0.25) is 0 Å². The lowest BCUT2D eigenvalue weighted by atomic mass is 9.91. The molecule has 2 aromatic rings. The zero-order valence-electron chi connectivity index (χ0n) is 14.9. The van der Waals surface area contributed by atoms with Gasteiger partial charge in [0, 0.05) is 0 Å². The summed E-state index contributed by atoms with van der Waals surface area (Å²) < 4.78 is 46.7. The summed E-state index contributed by atoms with van der Waals surface area (Å²) in [7, 11) is 0. The van der Waals surface area contributed by atoms with Crippen LogP contribution >= 0.6 is 0 Å². The first-order valence-electron chi connectivity index (χ1n) is 8.83. The van der Waals surface area contributed by atoms with E-state index < -0.39 is 29.0 Å². The van der Waals surface area contributed by atoms with Gasteiger partial charge in [0.2, 0.25) is 0 Å². The van der Waals surface area contributed by atoms with E-state index in [2.05, 4.69) is 6.92 Å². The zero-order valence-corrected chi connectivity index (χ0v) is 14.9. The van der Waals surface area contributed by atoms with Crippen molar-refractivity contribution >= 4 is 11.5 Å². The van der Waals surface area contributed by atoms with Crippen LogP contribution in [0.15, 0.2) is 54.1 Å². The molecule has 0 radical (unpaired) electrons. The highest BCUT2D eigenvalue weighted by Gasteiger charge is 2.22. The second kappa shape index (κ2) is 8.25. The topological polar surface area (TPSA) is 26.3 Å². The molecular weight excluding hydrogens is 353 g/mol. The van der Waals surface area contributed by atoms with Crippen LogP contribution in [0.4, 0.5) is 13.2 Å². The molecule has 3 rings (SSSR count). The summed E-state index contributed by atoms with van der Waals surface area (Å²) in [6, 6.07) is 6.90. The van der Waals surface area contributed by atoms with Gasteiger partial charge in [-0.3, -0.25) is 0 Å². The third-order valence-electron chi connectivity index (χ3n) is 4.45. The molecule has 0 saturated carbocycles. The van der Waals surface area contributed by atoms with E-state index in [4.69, 9.17) is 4.74 Å². The summed E-state index contributed by atoms with van der Waals surface area (Å²) >= 11 is 0. The predicted octanol–water partition coefficient (Wildman–Crippen LogP) is 6.23. The lowest BCUT2D eigenvalue weighted by Crippen LogP contribution is -2.14. The van der Waals surface area contributed by atoms with E-state index in [1.807, 2.05) is 12.2 Å². The van der Waals surface area contributed by atoms with E-state index in [-0.39, 0.29) is 5.75 Å². The summed E-state index contributed by atoms with van der Waals surface area (Å²) in [6.45, 7) is 2.11. The van der Waals surface area contributed by atoms with Crippen molar-refractivity contribution in [1.29, 1.82) is 0 Å². The van der Waals surface area contributed by atoms with Crippen molar-refractivity contribution in [2.75, 3.05) is 0 Å². The first kappa shape index (κ1) is 19.0. The molecule has 27 heavy (non-hydrogen) atoms. The van der Waals surface area contributed by atoms with Crippen LogP contribution in [0.1, 0.15) is 48.5 Å². The molecule has 2 nitrogen and oxygen atoms in total. The van der Waals surface area contributed by atoms with Gasteiger partial charge in [0.15, 0.2) is 0 Å². The lowest BCUT2D eigenvalue weighted by molar-refractivity contribution is 0.0724. The SMILES string of the molecule is CCCC1=CC=C(c2cc(F)c(C(=O)Oc3ccc(F)cc3)c(F)c2)CC1. The van der Waals surface area contributed by atoms with Gasteiger partial charge in [-0.05, 0) is 66.8 Å². The highest BCUT2D eigenvalue weighted by molar-refractivity contribution is 5.92. The first-order chi connectivity index (χ1) is 13.0. The smallest absolute Gasteiger partial charge is 0.349 e. The Kier molecular flexibility index (Phi) is 5.79. The summed E-state index contributed by atoms with van der Waals surface area (Å²) in [5, 5.41) is 0. The minimum Gasteiger partial charge on any atom is -0.423 e. The van der Waals surface area contributed by atoms with Crippen LogP contribution in [0.5, 0.6) is 5.75 Å². The number of esters is 1. The average Bonchev–Trinajstić information content (AvgIpc) is 2.64. The Morgan fingerprint density at radius 1 is 1.00 bits per heavy atom.